The van der Waals surface area contributed by atoms with Gasteiger partial charge in [0.2, 0.25) is 0 Å². The normalized spacial score (nSPS) is 12.0. The van der Waals surface area contributed by atoms with E-state index in [-0.39, 0.29) is 6.61 Å². The molecule has 0 atom stereocenters. The molecule has 2 nitrogen and oxygen atoms in total. The highest BCUT2D eigenvalue weighted by Crippen LogP contribution is 2.16. The van der Waals surface area contributed by atoms with Crippen molar-refractivity contribution in [2.24, 2.45) is 0 Å². The molecule has 0 radical (unpaired) electrons. The van der Waals surface area contributed by atoms with Gasteiger partial charge in [0.15, 0.2) is 0 Å². The maximum Gasteiger partial charge on any atom is 0.0558 e. The summed E-state index contributed by atoms with van der Waals surface area (Å²) in [6, 6.07) is 1.29. The predicted molar refractivity (Wildman–Crippen MR) is 62.5 cm³/mol. The Balaban J connectivity index is 4.36. The van der Waals surface area contributed by atoms with E-state index >= 15 is 0 Å². The van der Waals surface area contributed by atoms with E-state index in [0.29, 0.717) is 12.1 Å². The molecule has 0 heterocycles. The van der Waals surface area contributed by atoms with Crippen LogP contribution in [0, 0.1) is 0 Å². The number of hydrogen-bond acceptors (Lipinski definition) is 2. The number of nitrogens with zero attached hydrogens (tertiary/aromatic N) is 1. The smallest absolute Gasteiger partial charge is 0.0558 e. The third-order valence-electron chi connectivity index (χ3n) is 3.18. The maximum atomic E-state index is 9.07. The van der Waals surface area contributed by atoms with Crippen LogP contribution in [0.5, 0.6) is 0 Å². The zero-order valence-corrected chi connectivity index (χ0v) is 10.3. The molecule has 0 aromatic rings. The van der Waals surface area contributed by atoms with Crippen LogP contribution in [0.4, 0.5) is 0 Å². The first kappa shape index (κ1) is 13.9. The highest BCUT2D eigenvalue weighted by molar-refractivity contribution is 4.76. The lowest BCUT2D eigenvalue weighted by Gasteiger charge is -2.36. The highest BCUT2D eigenvalue weighted by atomic mass is 16.3. The first-order valence-corrected chi connectivity index (χ1v) is 6.11. The summed E-state index contributed by atoms with van der Waals surface area (Å²) in [4.78, 5) is 2.49. The maximum absolute atomic E-state index is 9.07. The molecule has 14 heavy (non-hydrogen) atoms. The second kappa shape index (κ2) is 8.25. The molecule has 0 aliphatic heterocycles. The van der Waals surface area contributed by atoms with Gasteiger partial charge in [-0.1, -0.05) is 27.7 Å². The molecule has 0 aromatic carbocycles. The monoisotopic (exact) mass is 201 g/mol. The van der Waals surface area contributed by atoms with E-state index < -0.39 is 0 Å². The molecule has 0 bridgehead atoms. The number of rotatable bonds is 8. The SMILES string of the molecule is CCC(CC)N(CCO)C(CC)CC. The fraction of sp³-hybridized carbons (Fsp3) is 1.00. The van der Waals surface area contributed by atoms with E-state index in [0.717, 1.165) is 6.54 Å². The highest BCUT2D eigenvalue weighted by Gasteiger charge is 2.20. The van der Waals surface area contributed by atoms with Crippen molar-refractivity contribution in [1.82, 2.24) is 4.90 Å². The summed E-state index contributed by atoms with van der Waals surface area (Å²) in [7, 11) is 0. The quantitative estimate of drug-likeness (QED) is 0.652. The van der Waals surface area contributed by atoms with Gasteiger partial charge in [0.25, 0.3) is 0 Å². The van der Waals surface area contributed by atoms with Crippen molar-refractivity contribution in [2.45, 2.75) is 65.5 Å². The van der Waals surface area contributed by atoms with Gasteiger partial charge in [0, 0.05) is 18.6 Å². The molecule has 0 saturated heterocycles. The first-order chi connectivity index (χ1) is 6.74. The van der Waals surface area contributed by atoms with E-state index in [1.807, 2.05) is 0 Å². The van der Waals surface area contributed by atoms with Crippen LogP contribution in [-0.4, -0.2) is 35.2 Å². The van der Waals surface area contributed by atoms with Crippen LogP contribution in [0.15, 0.2) is 0 Å². The lowest BCUT2D eigenvalue weighted by molar-refractivity contribution is 0.0917. The van der Waals surface area contributed by atoms with Crippen LogP contribution in [0.2, 0.25) is 0 Å². The van der Waals surface area contributed by atoms with E-state index in [9.17, 15) is 0 Å². The van der Waals surface area contributed by atoms with Gasteiger partial charge < -0.3 is 5.11 Å². The summed E-state index contributed by atoms with van der Waals surface area (Å²) >= 11 is 0. The summed E-state index contributed by atoms with van der Waals surface area (Å²) in [5, 5.41) is 9.07. The summed E-state index contributed by atoms with van der Waals surface area (Å²) in [5.74, 6) is 0. The van der Waals surface area contributed by atoms with Crippen molar-refractivity contribution in [3.05, 3.63) is 0 Å². The minimum Gasteiger partial charge on any atom is -0.395 e. The van der Waals surface area contributed by atoms with Crippen LogP contribution < -0.4 is 0 Å². The third-order valence-corrected chi connectivity index (χ3v) is 3.18. The summed E-state index contributed by atoms with van der Waals surface area (Å²) in [6.45, 7) is 10.1. The lowest BCUT2D eigenvalue weighted by atomic mass is 10.0. The molecule has 2 heteroatoms. The van der Waals surface area contributed by atoms with Crippen LogP contribution in [0.25, 0.3) is 0 Å². The van der Waals surface area contributed by atoms with E-state index in [1.165, 1.54) is 25.7 Å². The van der Waals surface area contributed by atoms with Gasteiger partial charge in [0.05, 0.1) is 6.61 Å². The number of aliphatic hydroxyl groups excluding tert-OH is 1. The Hall–Kier alpha value is -0.0800. The van der Waals surface area contributed by atoms with Gasteiger partial charge in [-0.25, -0.2) is 0 Å². The molecule has 0 aliphatic carbocycles. The summed E-state index contributed by atoms with van der Waals surface area (Å²) in [6.07, 6.45) is 4.75. The average Bonchev–Trinajstić information content (AvgIpc) is 2.21. The summed E-state index contributed by atoms with van der Waals surface area (Å²) < 4.78 is 0. The Bertz CT molecular complexity index is 107. The Morgan fingerprint density at radius 1 is 0.857 bits per heavy atom. The van der Waals surface area contributed by atoms with Gasteiger partial charge in [-0.05, 0) is 25.7 Å². The van der Waals surface area contributed by atoms with Gasteiger partial charge in [-0.15, -0.1) is 0 Å². The predicted octanol–water partition coefficient (Wildman–Crippen LogP) is 2.66. The molecule has 0 aliphatic rings. The van der Waals surface area contributed by atoms with Crippen LogP contribution in [0.3, 0.4) is 0 Å². The van der Waals surface area contributed by atoms with E-state index in [2.05, 4.69) is 32.6 Å². The third kappa shape index (κ3) is 3.97. The topological polar surface area (TPSA) is 23.5 Å². The molecular formula is C12H27NO. The molecule has 0 spiro atoms. The first-order valence-electron chi connectivity index (χ1n) is 6.11. The Morgan fingerprint density at radius 3 is 1.43 bits per heavy atom. The van der Waals surface area contributed by atoms with Crippen LogP contribution in [-0.2, 0) is 0 Å². The van der Waals surface area contributed by atoms with Crippen LogP contribution in [0.1, 0.15) is 53.4 Å². The van der Waals surface area contributed by atoms with Crippen molar-refractivity contribution >= 4 is 0 Å². The molecular weight excluding hydrogens is 174 g/mol. The fourth-order valence-electron chi connectivity index (χ4n) is 2.29. The van der Waals surface area contributed by atoms with Crippen molar-refractivity contribution in [3.8, 4) is 0 Å². The minimum atomic E-state index is 0.285. The zero-order valence-electron chi connectivity index (χ0n) is 10.3. The molecule has 0 unspecified atom stereocenters. The minimum absolute atomic E-state index is 0.285. The summed E-state index contributed by atoms with van der Waals surface area (Å²) in [5.41, 5.74) is 0. The van der Waals surface area contributed by atoms with Crippen molar-refractivity contribution in [3.63, 3.8) is 0 Å². The van der Waals surface area contributed by atoms with Gasteiger partial charge in [0.1, 0.15) is 0 Å². The van der Waals surface area contributed by atoms with Gasteiger partial charge in [-0.3, -0.25) is 4.90 Å². The fourth-order valence-corrected chi connectivity index (χ4v) is 2.29. The molecule has 0 amide bonds. The second-order valence-corrected chi connectivity index (χ2v) is 3.90. The number of hydrogen-bond donors (Lipinski definition) is 1. The molecule has 0 rings (SSSR count). The largest absolute Gasteiger partial charge is 0.395 e. The van der Waals surface area contributed by atoms with Crippen molar-refractivity contribution in [1.29, 1.82) is 0 Å². The Morgan fingerprint density at radius 2 is 1.21 bits per heavy atom. The Kier molecular flexibility index (Phi) is 8.20. The second-order valence-electron chi connectivity index (χ2n) is 3.90. The standard InChI is InChI=1S/C12H27NO/c1-5-11(6-2)13(9-10-14)12(7-3)8-4/h11-12,14H,5-10H2,1-4H3. The molecule has 0 aromatic heterocycles. The Labute approximate surface area is 89.3 Å². The molecule has 86 valence electrons. The average molecular weight is 201 g/mol. The van der Waals surface area contributed by atoms with Crippen molar-refractivity contribution in [2.75, 3.05) is 13.2 Å². The molecule has 1 N–H and O–H groups in total. The zero-order chi connectivity index (χ0) is 11.0. The molecule has 0 fully saturated rings. The van der Waals surface area contributed by atoms with Crippen molar-refractivity contribution < 1.29 is 5.11 Å². The van der Waals surface area contributed by atoms with Gasteiger partial charge in [-0.2, -0.15) is 0 Å². The van der Waals surface area contributed by atoms with E-state index in [1.54, 1.807) is 0 Å². The number of aliphatic hydroxyl groups is 1. The lowest BCUT2D eigenvalue weighted by Crippen LogP contribution is -2.43. The molecule has 0 saturated carbocycles. The van der Waals surface area contributed by atoms with Gasteiger partial charge >= 0.3 is 0 Å². The van der Waals surface area contributed by atoms with E-state index in [4.69, 9.17) is 5.11 Å². The van der Waals surface area contributed by atoms with Crippen LogP contribution >= 0.6 is 0 Å².